The lowest BCUT2D eigenvalue weighted by Gasteiger charge is -1.99. The van der Waals surface area contributed by atoms with Crippen LogP contribution in [-0.2, 0) is 9.59 Å². The van der Waals surface area contributed by atoms with Crippen LogP contribution in [0.25, 0.3) is 0 Å². The molecule has 0 aliphatic heterocycles. The third kappa shape index (κ3) is 14.0. The molecule has 4 rings (SSSR count). The average Bonchev–Trinajstić information content (AvgIpc) is 2.90. The summed E-state index contributed by atoms with van der Waals surface area (Å²) in [5, 5.41) is 16.3. The quantitative estimate of drug-likeness (QED) is 0.217. The first-order valence-electron chi connectivity index (χ1n) is 11.5. The molecule has 6 heteroatoms. The summed E-state index contributed by atoms with van der Waals surface area (Å²) in [4.78, 5) is 24.9. The molecule has 0 bridgehead atoms. The van der Waals surface area contributed by atoms with Gasteiger partial charge in [-0.15, -0.1) is 0 Å². The maximum Gasteiger partial charge on any atom is 0.303 e. The zero-order valence-corrected chi connectivity index (χ0v) is 21.5. The van der Waals surface area contributed by atoms with Gasteiger partial charge in [-0.1, -0.05) is 96.3 Å². The molecule has 2 N–H and O–H groups in total. The maximum atomic E-state index is 9.90. The van der Waals surface area contributed by atoms with Crippen molar-refractivity contribution in [3.8, 4) is 0 Å². The van der Waals surface area contributed by atoms with Gasteiger partial charge in [0.25, 0.3) is 0 Å². The molecule has 0 aromatic heterocycles. The number of hydrogen-bond donors (Lipinski definition) is 2. The van der Waals surface area contributed by atoms with Crippen LogP contribution in [0.4, 0.5) is 0 Å². The molecule has 0 aliphatic rings. The Balaban J connectivity index is 0.000000193. The van der Waals surface area contributed by atoms with Crippen molar-refractivity contribution in [1.82, 2.24) is 0 Å². The van der Waals surface area contributed by atoms with Gasteiger partial charge in [0.05, 0.1) is 0 Å². The van der Waals surface area contributed by atoms with Gasteiger partial charge in [0, 0.05) is 32.4 Å². The van der Waals surface area contributed by atoms with E-state index in [2.05, 4.69) is 97.1 Å². The van der Waals surface area contributed by atoms with E-state index in [0.717, 1.165) is 0 Å². The summed E-state index contributed by atoms with van der Waals surface area (Å²) in [7, 11) is 0. The number of carboxylic acid groups (broad SMARTS) is 2. The number of unbranched alkanes of at least 4 members (excludes halogenated alkanes) is 1. The van der Waals surface area contributed by atoms with E-state index in [1.807, 2.05) is 24.3 Å². The predicted molar refractivity (Wildman–Crippen MR) is 148 cm³/mol. The lowest BCUT2D eigenvalue weighted by Crippen LogP contribution is -1.97. The van der Waals surface area contributed by atoms with Crippen LogP contribution >= 0.6 is 23.5 Å². The fourth-order valence-corrected chi connectivity index (χ4v) is 4.50. The molecule has 0 fully saturated rings. The van der Waals surface area contributed by atoms with Crippen molar-refractivity contribution in [2.24, 2.45) is 0 Å². The van der Waals surface area contributed by atoms with E-state index < -0.39 is 11.9 Å². The maximum absolute atomic E-state index is 9.90. The number of benzene rings is 4. The standard InChI is InChI=1S/2C12H10S.C6H10O4/c2*1-3-7-11(8-4-1)13-12-9-5-2-6-10-12;7-5(8)3-1-2-4-6(9)10/h2*1-10H;1-4H2,(H,7,8)(H,9,10). The molecule has 0 aliphatic carbocycles. The Kier molecular flexibility index (Phi) is 14.3. The summed E-state index contributed by atoms with van der Waals surface area (Å²) in [6.07, 6.45) is 1.02. The summed E-state index contributed by atoms with van der Waals surface area (Å²) in [5.41, 5.74) is 0. The minimum absolute atomic E-state index is 0.0628. The topological polar surface area (TPSA) is 74.6 Å². The van der Waals surface area contributed by atoms with Gasteiger partial charge in [0.2, 0.25) is 0 Å². The fourth-order valence-electron chi connectivity index (χ4n) is 2.78. The third-order valence-electron chi connectivity index (χ3n) is 4.48. The number of hydrogen-bond acceptors (Lipinski definition) is 4. The monoisotopic (exact) mass is 518 g/mol. The second-order valence-electron chi connectivity index (χ2n) is 7.45. The number of carboxylic acids is 2. The van der Waals surface area contributed by atoms with E-state index in [-0.39, 0.29) is 12.8 Å². The number of aliphatic carboxylic acids is 2. The first kappa shape index (κ1) is 28.8. The molecular weight excluding hydrogens is 488 g/mol. The molecule has 0 spiro atoms. The smallest absolute Gasteiger partial charge is 0.303 e. The summed E-state index contributed by atoms with van der Waals surface area (Å²) >= 11 is 3.58. The van der Waals surface area contributed by atoms with Gasteiger partial charge in [-0.3, -0.25) is 9.59 Å². The van der Waals surface area contributed by atoms with Crippen LogP contribution in [0.2, 0.25) is 0 Å². The largest absolute Gasteiger partial charge is 0.481 e. The Morgan fingerprint density at radius 3 is 0.861 bits per heavy atom. The highest BCUT2D eigenvalue weighted by Gasteiger charge is 1.99. The van der Waals surface area contributed by atoms with E-state index in [9.17, 15) is 9.59 Å². The van der Waals surface area contributed by atoms with Gasteiger partial charge in [-0.2, -0.15) is 0 Å². The van der Waals surface area contributed by atoms with Gasteiger partial charge in [0.15, 0.2) is 0 Å². The lowest BCUT2D eigenvalue weighted by atomic mass is 10.2. The third-order valence-corrected chi connectivity index (χ3v) is 6.51. The van der Waals surface area contributed by atoms with E-state index in [1.54, 1.807) is 23.5 Å². The average molecular weight is 519 g/mol. The Labute approximate surface area is 221 Å². The molecule has 0 unspecified atom stereocenters. The van der Waals surface area contributed by atoms with Crippen molar-refractivity contribution < 1.29 is 19.8 Å². The SMILES string of the molecule is O=C(O)CCCCC(=O)O.c1ccc(Sc2ccccc2)cc1.c1ccc(Sc2ccccc2)cc1. The molecule has 4 aromatic rings. The van der Waals surface area contributed by atoms with Gasteiger partial charge in [-0.05, 0) is 61.4 Å². The van der Waals surface area contributed by atoms with E-state index in [4.69, 9.17) is 10.2 Å². The van der Waals surface area contributed by atoms with Gasteiger partial charge >= 0.3 is 11.9 Å². The molecule has 0 saturated carbocycles. The zero-order valence-electron chi connectivity index (χ0n) is 19.9. The van der Waals surface area contributed by atoms with Crippen molar-refractivity contribution in [3.63, 3.8) is 0 Å². The van der Waals surface area contributed by atoms with Gasteiger partial charge in [0.1, 0.15) is 0 Å². The van der Waals surface area contributed by atoms with Crippen molar-refractivity contribution in [1.29, 1.82) is 0 Å². The molecule has 0 amide bonds. The van der Waals surface area contributed by atoms with Crippen LogP contribution in [-0.4, -0.2) is 22.2 Å². The fraction of sp³-hybridized carbons (Fsp3) is 0.133. The van der Waals surface area contributed by atoms with Crippen molar-refractivity contribution >= 4 is 35.5 Å². The normalized spacial score (nSPS) is 9.67. The van der Waals surface area contributed by atoms with Crippen LogP contribution in [0.15, 0.2) is 141 Å². The second kappa shape index (κ2) is 17.9. The summed E-state index contributed by atoms with van der Waals surface area (Å²) in [6.45, 7) is 0. The lowest BCUT2D eigenvalue weighted by molar-refractivity contribution is -0.139. The predicted octanol–water partition coefficient (Wildman–Crippen LogP) is 8.39. The molecule has 0 radical (unpaired) electrons. The minimum Gasteiger partial charge on any atom is -0.481 e. The molecular formula is C30H30O4S2. The molecule has 4 aromatic carbocycles. The summed E-state index contributed by atoms with van der Waals surface area (Å²) in [6, 6.07) is 41.6. The highest BCUT2D eigenvalue weighted by Crippen LogP contribution is 2.27. The van der Waals surface area contributed by atoms with Crippen LogP contribution in [0.5, 0.6) is 0 Å². The van der Waals surface area contributed by atoms with Crippen molar-refractivity contribution in [3.05, 3.63) is 121 Å². The second-order valence-corrected chi connectivity index (χ2v) is 9.74. The molecule has 36 heavy (non-hydrogen) atoms. The Hall–Kier alpha value is -3.48. The van der Waals surface area contributed by atoms with E-state index in [1.165, 1.54) is 19.6 Å². The first-order chi connectivity index (χ1) is 17.5. The number of carbonyl (C=O) groups is 2. The highest BCUT2D eigenvalue weighted by atomic mass is 32.2. The Morgan fingerprint density at radius 2 is 0.667 bits per heavy atom. The summed E-state index contributed by atoms with van der Waals surface area (Å²) < 4.78 is 0. The molecule has 0 atom stereocenters. The summed E-state index contributed by atoms with van der Waals surface area (Å²) in [5.74, 6) is -1.74. The molecule has 186 valence electrons. The first-order valence-corrected chi connectivity index (χ1v) is 13.2. The highest BCUT2D eigenvalue weighted by molar-refractivity contribution is 7.99. The van der Waals surface area contributed by atoms with E-state index >= 15 is 0 Å². The minimum atomic E-state index is -0.870. The van der Waals surface area contributed by atoms with Gasteiger partial charge in [-0.25, -0.2) is 0 Å². The Morgan fingerprint density at radius 1 is 0.444 bits per heavy atom. The van der Waals surface area contributed by atoms with Crippen LogP contribution < -0.4 is 0 Å². The van der Waals surface area contributed by atoms with E-state index in [0.29, 0.717) is 12.8 Å². The van der Waals surface area contributed by atoms with Gasteiger partial charge < -0.3 is 10.2 Å². The molecule has 0 saturated heterocycles. The number of rotatable bonds is 9. The van der Waals surface area contributed by atoms with Crippen molar-refractivity contribution in [2.45, 2.75) is 45.3 Å². The van der Waals surface area contributed by atoms with Crippen LogP contribution in [0, 0.1) is 0 Å². The van der Waals surface area contributed by atoms with Crippen LogP contribution in [0.3, 0.4) is 0 Å². The zero-order chi connectivity index (χ0) is 25.8. The van der Waals surface area contributed by atoms with Crippen molar-refractivity contribution in [2.75, 3.05) is 0 Å². The Bertz CT molecular complexity index is 955. The molecule has 0 heterocycles. The molecule has 4 nitrogen and oxygen atoms in total. The van der Waals surface area contributed by atoms with Crippen LogP contribution in [0.1, 0.15) is 25.7 Å².